The van der Waals surface area contributed by atoms with Crippen molar-refractivity contribution in [2.45, 2.75) is 33.0 Å². The lowest BCUT2D eigenvalue weighted by Crippen LogP contribution is -2.53. The number of ether oxygens (including phenoxy) is 3. The van der Waals surface area contributed by atoms with Gasteiger partial charge in [0.05, 0.1) is 0 Å². The highest BCUT2D eigenvalue weighted by Gasteiger charge is 2.22. The van der Waals surface area contributed by atoms with Crippen molar-refractivity contribution in [3.05, 3.63) is 17.7 Å². The molecular formula is C20H31F2N5O3. The van der Waals surface area contributed by atoms with Crippen LogP contribution in [0.1, 0.15) is 19.4 Å². The first kappa shape index (κ1) is 22.4. The van der Waals surface area contributed by atoms with Crippen molar-refractivity contribution in [3.8, 4) is 17.2 Å². The van der Waals surface area contributed by atoms with Crippen LogP contribution in [0.3, 0.4) is 0 Å². The third kappa shape index (κ3) is 5.85. The van der Waals surface area contributed by atoms with Gasteiger partial charge in [-0.05, 0) is 19.5 Å². The monoisotopic (exact) mass is 427 g/mol. The first-order chi connectivity index (χ1) is 14.5. The molecule has 1 aromatic rings. The second-order valence-corrected chi connectivity index (χ2v) is 7.32. The Kier molecular flexibility index (Phi) is 7.92. The summed E-state index contributed by atoms with van der Waals surface area (Å²) in [6.07, 6.45) is 0. The SMILES string of the molecule is CCN1CCN(C(C)CNC(=NC)NCc2cc3c(cc2OC(F)F)OCO3)CC1. The van der Waals surface area contributed by atoms with Gasteiger partial charge >= 0.3 is 6.61 Å². The highest BCUT2D eigenvalue weighted by atomic mass is 19.3. The smallest absolute Gasteiger partial charge is 0.387 e. The van der Waals surface area contributed by atoms with Gasteiger partial charge in [0, 0.05) is 64.0 Å². The molecule has 0 amide bonds. The lowest BCUT2D eigenvalue weighted by Gasteiger charge is -2.37. The van der Waals surface area contributed by atoms with Gasteiger partial charge in [-0.2, -0.15) is 8.78 Å². The summed E-state index contributed by atoms with van der Waals surface area (Å²) in [5.74, 6) is 1.55. The quantitative estimate of drug-likeness (QED) is 0.484. The van der Waals surface area contributed by atoms with Gasteiger partial charge in [0.2, 0.25) is 6.79 Å². The summed E-state index contributed by atoms with van der Waals surface area (Å²) in [5.41, 5.74) is 0.534. The summed E-state index contributed by atoms with van der Waals surface area (Å²) in [7, 11) is 1.68. The van der Waals surface area contributed by atoms with E-state index in [1.165, 1.54) is 6.07 Å². The number of alkyl halides is 2. The van der Waals surface area contributed by atoms with E-state index >= 15 is 0 Å². The number of rotatable bonds is 8. The summed E-state index contributed by atoms with van der Waals surface area (Å²) in [6, 6.07) is 3.43. The fourth-order valence-corrected chi connectivity index (χ4v) is 3.60. The number of aliphatic imine (C=N–C) groups is 1. The van der Waals surface area contributed by atoms with Gasteiger partial charge < -0.3 is 29.7 Å². The van der Waals surface area contributed by atoms with E-state index in [4.69, 9.17) is 9.47 Å². The van der Waals surface area contributed by atoms with Crippen molar-refractivity contribution in [3.63, 3.8) is 0 Å². The second-order valence-electron chi connectivity index (χ2n) is 7.32. The fraction of sp³-hybridized carbons (Fsp3) is 0.650. The molecule has 0 spiro atoms. The minimum Gasteiger partial charge on any atom is -0.454 e. The van der Waals surface area contributed by atoms with Crippen LogP contribution in [-0.4, -0.2) is 81.5 Å². The van der Waals surface area contributed by atoms with Crippen LogP contribution in [0.15, 0.2) is 17.1 Å². The number of likely N-dealkylation sites (N-methyl/N-ethyl adjacent to an activating group) is 1. The minimum absolute atomic E-state index is 0.0550. The van der Waals surface area contributed by atoms with Gasteiger partial charge in [-0.3, -0.25) is 9.89 Å². The highest BCUT2D eigenvalue weighted by molar-refractivity contribution is 5.79. The van der Waals surface area contributed by atoms with Gasteiger partial charge in [0.1, 0.15) is 5.75 Å². The van der Waals surface area contributed by atoms with E-state index in [2.05, 4.69) is 44.0 Å². The largest absolute Gasteiger partial charge is 0.454 e. The Balaban J connectivity index is 1.53. The molecule has 2 heterocycles. The van der Waals surface area contributed by atoms with Crippen LogP contribution in [-0.2, 0) is 6.54 Å². The predicted molar refractivity (Wildman–Crippen MR) is 111 cm³/mol. The zero-order valence-electron chi connectivity index (χ0n) is 17.8. The number of piperazine rings is 1. The van der Waals surface area contributed by atoms with Crippen molar-refractivity contribution in [2.75, 3.05) is 53.1 Å². The lowest BCUT2D eigenvalue weighted by atomic mass is 10.1. The number of halogens is 2. The number of nitrogens with zero attached hydrogens (tertiary/aromatic N) is 3. The summed E-state index contributed by atoms with van der Waals surface area (Å²) in [4.78, 5) is 9.13. The molecule has 0 aliphatic carbocycles. The topological polar surface area (TPSA) is 70.6 Å². The molecular weight excluding hydrogens is 396 g/mol. The van der Waals surface area contributed by atoms with E-state index in [1.807, 2.05) is 0 Å². The predicted octanol–water partition coefficient (Wildman–Crippen LogP) is 1.71. The molecule has 1 unspecified atom stereocenters. The second kappa shape index (κ2) is 10.6. The standard InChI is InChI=1S/C20H31F2N5O3/c1-4-26-5-7-27(8-6-26)14(2)11-24-20(23-3)25-12-15-9-17-18(29-13-28-17)10-16(15)30-19(21)22/h9-10,14,19H,4-8,11-13H2,1-3H3,(H2,23,24,25). The first-order valence-electron chi connectivity index (χ1n) is 10.3. The zero-order valence-corrected chi connectivity index (χ0v) is 17.8. The van der Waals surface area contributed by atoms with E-state index in [1.54, 1.807) is 13.1 Å². The Morgan fingerprint density at radius 3 is 2.50 bits per heavy atom. The first-order valence-corrected chi connectivity index (χ1v) is 10.3. The molecule has 8 nitrogen and oxygen atoms in total. The molecule has 1 aromatic carbocycles. The summed E-state index contributed by atoms with van der Waals surface area (Å²) in [5, 5.41) is 6.47. The Morgan fingerprint density at radius 2 is 1.87 bits per heavy atom. The molecule has 10 heteroatoms. The average Bonchev–Trinajstić information content (AvgIpc) is 3.20. The molecule has 1 atom stereocenters. The van der Waals surface area contributed by atoms with Crippen molar-refractivity contribution < 1.29 is 23.0 Å². The van der Waals surface area contributed by atoms with Gasteiger partial charge in [-0.1, -0.05) is 6.92 Å². The fourth-order valence-electron chi connectivity index (χ4n) is 3.60. The maximum absolute atomic E-state index is 12.8. The molecule has 2 aliphatic rings. The number of hydrogen-bond acceptors (Lipinski definition) is 6. The van der Waals surface area contributed by atoms with Gasteiger partial charge in [0.15, 0.2) is 17.5 Å². The normalized spacial score (nSPS) is 18.5. The van der Waals surface area contributed by atoms with Crippen molar-refractivity contribution >= 4 is 5.96 Å². The van der Waals surface area contributed by atoms with Crippen molar-refractivity contribution in [1.29, 1.82) is 0 Å². The summed E-state index contributed by atoms with van der Waals surface area (Å²) in [6.45, 7) is 7.87. The molecule has 0 aromatic heterocycles. The Hall–Kier alpha value is -2.33. The van der Waals surface area contributed by atoms with Crippen molar-refractivity contribution in [1.82, 2.24) is 20.4 Å². The third-order valence-electron chi connectivity index (χ3n) is 5.48. The van der Waals surface area contributed by atoms with Crippen LogP contribution in [0.4, 0.5) is 8.78 Å². The lowest BCUT2D eigenvalue weighted by molar-refractivity contribution is -0.0505. The van der Waals surface area contributed by atoms with E-state index in [9.17, 15) is 8.78 Å². The molecule has 2 aliphatic heterocycles. The summed E-state index contributed by atoms with van der Waals surface area (Å²) < 4.78 is 40.8. The van der Waals surface area contributed by atoms with Gasteiger partial charge in [0.25, 0.3) is 0 Å². The van der Waals surface area contributed by atoms with Crippen LogP contribution < -0.4 is 24.8 Å². The van der Waals surface area contributed by atoms with Crippen LogP contribution in [0, 0.1) is 0 Å². The third-order valence-corrected chi connectivity index (χ3v) is 5.48. The Morgan fingerprint density at radius 1 is 1.17 bits per heavy atom. The molecule has 2 N–H and O–H groups in total. The minimum atomic E-state index is -2.92. The highest BCUT2D eigenvalue weighted by Crippen LogP contribution is 2.38. The number of fused-ring (bicyclic) bond motifs is 1. The maximum Gasteiger partial charge on any atom is 0.387 e. The number of benzene rings is 1. The van der Waals surface area contributed by atoms with E-state index in [0.29, 0.717) is 29.1 Å². The Bertz CT molecular complexity index is 727. The molecule has 1 saturated heterocycles. The van der Waals surface area contributed by atoms with E-state index in [-0.39, 0.29) is 19.1 Å². The zero-order chi connectivity index (χ0) is 21.5. The molecule has 0 bridgehead atoms. The molecule has 168 valence electrons. The molecule has 30 heavy (non-hydrogen) atoms. The van der Waals surface area contributed by atoms with Gasteiger partial charge in [-0.25, -0.2) is 0 Å². The molecule has 0 saturated carbocycles. The van der Waals surface area contributed by atoms with Crippen LogP contribution in [0.2, 0.25) is 0 Å². The van der Waals surface area contributed by atoms with Gasteiger partial charge in [-0.15, -0.1) is 0 Å². The van der Waals surface area contributed by atoms with Crippen LogP contribution >= 0.6 is 0 Å². The van der Waals surface area contributed by atoms with E-state index < -0.39 is 6.61 Å². The Labute approximate surface area is 176 Å². The number of nitrogens with one attached hydrogen (secondary N) is 2. The number of guanidine groups is 1. The number of hydrogen-bond donors (Lipinski definition) is 2. The average molecular weight is 427 g/mol. The van der Waals surface area contributed by atoms with E-state index in [0.717, 1.165) is 39.3 Å². The molecule has 1 fully saturated rings. The van der Waals surface area contributed by atoms with Crippen LogP contribution in [0.25, 0.3) is 0 Å². The van der Waals surface area contributed by atoms with Crippen molar-refractivity contribution in [2.24, 2.45) is 4.99 Å². The molecule has 0 radical (unpaired) electrons. The molecule has 3 rings (SSSR count). The summed E-state index contributed by atoms with van der Waals surface area (Å²) >= 11 is 0. The van der Waals surface area contributed by atoms with Crippen LogP contribution in [0.5, 0.6) is 17.2 Å². The maximum atomic E-state index is 12.8.